The van der Waals surface area contributed by atoms with Crippen LogP contribution in [0.2, 0.25) is 0 Å². The van der Waals surface area contributed by atoms with Crippen LogP contribution in [0, 0.1) is 0 Å². The maximum Gasteiger partial charge on any atom is 0.115 e. The summed E-state index contributed by atoms with van der Waals surface area (Å²) in [7, 11) is 0. The van der Waals surface area contributed by atoms with Gasteiger partial charge in [-0.2, -0.15) is 0 Å². The number of para-hydroxylation sites is 1. The van der Waals surface area contributed by atoms with Crippen LogP contribution < -0.4 is 0 Å². The van der Waals surface area contributed by atoms with Crippen molar-refractivity contribution in [2.45, 2.75) is 19.3 Å². The predicted molar refractivity (Wildman–Crippen MR) is 258 cm³/mol. The SMILES string of the molecule is CC1(C)c2ccccc2-c2cc3c4ccccc4n(-c4cc(-c5cccc(-c6cncc(-c7cncnc7)c6)c5)cc(-c5cccc(-c6cncc(-c7cncnc7)c6)c5)c4)c3cc21. The van der Waals surface area contributed by atoms with Gasteiger partial charge in [0.05, 0.1) is 11.0 Å². The summed E-state index contributed by atoms with van der Waals surface area (Å²) in [4.78, 5) is 26.2. The number of hydrogen-bond acceptors (Lipinski definition) is 6. The molecule has 0 N–H and O–H groups in total. The quantitative estimate of drug-likeness (QED) is 0.159. The Balaban J connectivity index is 1.06. The van der Waals surface area contributed by atoms with Gasteiger partial charge in [-0.05, 0) is 116 Å². The van der Waals surface area contributed by atoms with Gasteiger partial charge in [0.15, 0.2) is 0 Å². The standard InChI is InChI=1S/C57H39N7/c1-57(2)53-15-5-3-13-49(53)51-24-52-50-14-4-6-16-55(50)64(56(52)25-54(51)57)48-22-40(36-9-7-11-38(17-36)42-20-44(28-58-26-42)46-30-60-34-61-31-46)19-41(23-48)37-10-8-12-39(18-37)43-21-45(29-59-27-43)47-32-62-35-63-33-47/h3-35H,1-2H3. The van der Waals surface area contributed by atoms with Crippen molar-refractivity contribution < 1.29 is 0 Å². The topological polar surface area (TPSA) is 82.3 Å². The third-order valence-corrected chi connectivity index (χ3v) is 12.9. The summed E-state index contributed by atoms with van der Waals surface area (Å²) in [6, 6.07) is 51.4. The van der Waals surface area contributed by atoms with E-state index in [2.05, 4.69) is 188 Å². The molecular weight excluding hydrogens is 783 g/mol. The van der Waals surface area contributed by atoms with Crippen LogP contribution in [0.1, 0.15) is 25.0 Å². The fourth-order valence-electron chi connectivity index (χ4n) is 9.68. The average molecular weight is 822 g/mol. The molecule has 7 heteroatoms. The minimum absolute atomic E-state index is 0.144. The minimum Gasteiger partial charge on any atom is -0.309 e. The molecule has 1 aliphatic rings. The molecule has 11 aromatic rings. The number of nitrogens with zero attached hydrogens (tertiary/aromatic N) is 7. The Morgan fingerprint density at radius 1 is 0.328 bits per heavy atom. The second kappa shape index (κ2) is 14.9. The summed E-state index contributed by atoms with van der Waals surface area (Å²) in [5.74, 6) is 0. The maximum absolute atomic E-state index is 4.63. The van der Waals surface area contributed by atoms with Crippen molar-refractivity contribution in [3.63, 3.8) is 0 Å². The van der Waals surface area contributed by atoms with Crippen LogP contribution >= 0.6 is 0 Å². The largest absolute Gasteiger partial charge is 0.309 e. The fourth-order valence-corrected chi connectivity index (χ4v) is 9.68. The first-order valence-corrected chi connectivity index (χ1v) is 21.4. The van der Waals surface area contributed by atoms with Crippen LogP contribution in [0.3, 0.4) is 0 Å². The lowest BCUT2D eigenvalue weighted by atomic mass is 9.82. The van der Waals surface area contributed by atoms with Crippen LogP contribution in [0.25, 0.3) is 105 Å². The van der Waals surface area contributed by atoms with Gasteiger partial charge in [-0.3, -0.25) is 9.97 Å². The zero-order valence-corrected chi connectivity index (χ0v) is 35.2. The molecule has 0 radical (unpaired) electrons. The molecule has 0 unspecified atom stereocenters. The van der Waals surface area contributed by atoms with E-state index in [9.17, 15) is 0 Å². The van der Waals surface area contributed by atoms with E-state index >= 15 is 0 Å². The molecule has 7 nitrogen and oxygen atoms in total. The molecule has 0 aliphatic heterocycles. The van der Waals surface area contributed by atoms with E-state index < -0.39 is 0 Å². The first kappa shape index (κ1) is 37.4. The molecule has 1 aliphatic carbocycles. The number of pyridine rings is 2. The van der Waals surface area contributed by atoms with Crippen molar-refractivity contribution in [1.82, 2.24) is 34.5 Å². The van der Waals surface area contributed by atoms with Gasteiger partial charge in [0.2, 0.25) is 0 Å². The highest BCUT2D eigenvalue weighted by Crippen LogP contribution is 2.51. The van der Waals surface area contributed by atoms with E-state index in [0.29, 0.717) is 0 Å². The Hall–Kier alpha value is -8.42. The summed E-state index contributed by atoms with van der Waals surface area (Å²) in [6.07, 6.45) is 17.9. The zero-order chi connectivity index (χ0) is 42.8. The number of rotatable bonds is 7. The number of benzene rings is 6. The van der Waals surface area contributed by atoms with Crippen molar-refractivity contribution in [1.29, 1.82) is 0 Å². The molecule has 6 aromatic carbocycles. The van der Waals surface area contributed by atoms with Crippen LogP contribution in [0.15, 0.2) is 202 Å². The summed E-state index contributed by atoms with van der Waals surface area (Å²) in [5, 5.41) is 2.47. The molecule has 0 bridgehead atoms. The molecule has 5 heterocycles. The van der Waals surface area contributed by atoms with Gasteiger partial charge < -0.3 is 4.57 Å². The van der Waals surface area contributed by atoms with Crippen molar-refractivity contribution in [2.24, 2.45) is 0 Å². The van der Waals surface area contributed by atoms with E-state index in [1.165, 1.54) is 44.1 Å². The Morgan fingerprint density at radius 3 is 1.39 bits per heavy atom. The highest BCUT2D eigenvalue weighted by atomic mass is 15.0. The van der Waals surface area contributed by atoms with Gasteiger partial charge in [0, 0.05) is 105 Å². The van der Waals surface area contributed by atoms with Gasteiger partial charge in [-0.1, -0.05) is 92.7 Å². The van der Waals surface area contributed by atoms with E-state index in [0.717, 1.165) is 72.4 Å². The number of hydrogen-bond donors (Lipinski definition) is 0. The number of fused-ring (bicyclic) bond motifs is 6. The van der Waals surface area contributed by atoms with Crippen LogP contribution in [0.4, 0.5) is 0 Å². The van der Waals surface area contributed by atoms with Gasteiger partial charge in [-0.25, -0.2) is 19.9 Å². The van der Waals surface area contributed by atoms with Crippen LogP contribution in [-0.2, 0) is 5.41 Å². The Bertz CT molecular complexity index is 3450. The van der Waals surface area contributed by atoms with Crippen molar-refractivity contribution >= 4 is 21.8 Å². The molecule has 0 atom stereocenters. The molecule has 5 aromatic heterocycles. The van der Waals surface area contributed by atoms with Crippen molar-refractivity contribution in [3.8, 4) is 83.6 Å². The lowest BCUT2D eigenvalue weighted by molar-refractivity contribution is 0.661. The molecule has 12 rings (SSSR count). The molecule has 0 amide bonds. The fraction of sp³-hybridized carbons (Fsp3) is 0.0526. The molecule has 0 spiro atoms. The van der Waals surface area contributed by atoms with Crippen LogP contribution in [0.5, 0.6) is 0 Å². The average Bonchev–Trinajstić information content (AvgIpc) is 3.81. The Labute approximate surface area is 370 Å². The number of aromatic nitrogens is 7. The molecule has 0 fully saturated rings. The van der Waals surface area contributed by atoms with E-state index in [4.69, 9.17) is 0 Å². The molecule has 302 valence electrons. The van der Waals surface area contributed by atoms with Gasteiger partial charge >= 0.3 is 0 Å². The summed E-state index contributed by atoms with van der Waals surface area (Å²) in [5.41, 5.74) is 21.0. The molecule has 0 saturated carbocycles. The predicted octanol–water partition coefficient (Wildman–Crippen LogP) is 13.5. The molecule has 0 saturated heterocycles. The third kappa shape index (κ3) is 6.28. The first-order valence-electron chi connectivity index (χ1n) is 21.4. The molecular formula is C57H39N7. The monoisotopic (exact) mass is 821 g/mol. The lowest BCUT2D eigenvalue weighted by Crippen LogP contribution is -2.15. The molecule has 64 heavy (non-hydrogen) atoms. The smallest absolute Gasteiger partial charge is 0.115 e. The summed E-state index contributed by atoms with van der Waals surface area (Å²) in [6.45, 7) is 4.71. The van der Waals surface area contributed by atoms with Gasteiger partial charge in [0.25, 0.3) is 0 Å². The van der Waals surface area contributed by atoms with Gasteiger partial charge in [0.1, 0.15) is 12.7 Å². The van der Waals surface area contributed by atoms with E-state index in [1.54, 1.807) is 12.7 Å². The first-order chi connectivity index (χ1) is 31.5. The third-order valence-electron chi connectivity index (χ3n) is 12.9. The lowest BCUT2D eigenvalue weighted by Gasteiger charge is -2.22. The van der Waals surface area contributed by atoms with Crippen LogP contribution in [-0.4, -0.2) is 34.5 Å². The Kier molecular flexibility index (Phi) is 8.69. The van der Waals surface area contributed by atoms with E-state index in [1.807, 2.05) is 49.6 Å². The summed E-state index contributed by atoms with van der Waals surface area (Å²) >= 11 is 0. The highest BCUT2D eigenvalue weighted by molar-refractivity contribution is 6.12. The zero-order valence-electron chi connectivity index (χ0n) is 35.2. The second-order valence-electron chi connectivity index (χ2n) is 17.0. The van der Waals surface area contributed by atoms with E-state index in [-0.39, 0.29) is 5.41 Å². The summed E-state index contributed by atoms with van der Waals surface area (Å²) < 4.78 is 2.47. The second-order valence-corrected chi connectivity index (χ2v) is 17.0. The minimum atomic E-state index is -0.144. The normalized spacial score (nSPS) is 12.7. The van der Waals surface area contributed by atoms with Crippen molar-refractivity contribution in [3.05, 3.63) is 213 Å². The highest BCUT2D eigenvalue weighted by Gasteiger charge is 2.36. The van der Waals surface area contributed by atoms with Gasteiger partial charge in [-0.15, -0.1) is 0 Å². The Morgan fingerprint density at radius 2 is 0.797 bits per heavy atom. The van der Waals surface area contributed by atoms with Crippen molar-refractivity contribution in [2.75, 3.05) is 0 Å². The maximum atomic E-state index is 4.63.